The Labute approximate surface area is 71.6 Å². The van der Waals surface area contributed by atoms with Crippen molar-refractivity contribution in [2.24, 2.45) is 0 Å². The molecule has 72 valence electrons. The second-order valence-electron chi connectivity index (χ2n) is 1.58. The van der Waals surface area contributed by atoms with Crippen molar-refractivity contribution in [2.45, 2.75) is 13.8 Å². The molecule has 0 aliphatic heterocycles. The Morgan fingerprint density at radius 1 is 1.17 bits per heavy atom. The van der Waals surface area contributed by atoms with E-state index in [1.807, 2.05) is 0 Å². The van der Waals surface area contributed by atoms with Crippen LogP contribution in [0.3, 0.4) is 0 Å². The third-order valence-corrected chi connectivity index (χ3v) is 0.681. The van der Waals surface area contributed by atoms with Gasteiger partial charge in [0.1, 0.15) is 0 Å². The van der Waals surface area contributed by atoms with Crippen LogP contribution in [-0.2, 0) is 19.0 Å². The number of hydrogen-bond donors (Lipinski definition) is 0. The predicted molar refractivity (Wildman–Crippen MR) is 41.7 cm³/mol. The molecule has 0 fully saturated rings. The van der Waals surface area contributed by atoms with Crippen LogP contribution >= 0.6 is 0 Å². The fraction of sp³-hybridized carbons (Fsp3) is 0.714. The molecule has 0 aromatic heterocycles. The van der Waals surface area contributed by atoms with Gasteiger partial charge >= 0.3 is 12.1 Å². The van der Waals surface area contributed by atoms with Crippen molar-refractivity contribution < 1.29 is 23.8 Å². The molecule has 0 rings (SSSR count). The first-order valence-electron chi connectivity index (χ1n) is 3.33. The first-order chi connectivity index (χ1) is 5.58. The number of hydrogen-bond acceptors (Lipinski definition) is 5. The minimum absolute atomic E-state index is 0.211. The maximum atomic E-state index is 9.82. The monoisotopic (exact) mass is 178 g/mol. The molecular weight excluding hydrogens is 164 g/mol. The number of carbonyl (C=O) groups excluding carboxylic acids is 2. The highest BCUT2D eigenvalue weighted by Crippen LogP contribution is 1.72. The number of ether oxygens (including phenoxy) is 3. The Hall–Kier alpha value is -1.26. The van der Waals surface area contributed by atoms with Crippen LogP contribution in [0.25, 0.3) is 0 Å². The summed E-state index contributed by atoms with van der Waals surface area (Å²) < 4.78 is 12.5. The number of esters is 1. The fourth-order valence-electron chi connectivity index (χ4n) is 0.287. The quantitative estimate of drug-likeness (QED) is 0.560. The van der Waals surface area contributed by atoms with E-state index >= 15 is 0 Å². The van der Waals surface area contributed by atoms with Gasteiger partial charge in [-0.3, -0.25) is 4.79 Å². The fourth-order valence-corrected chi connectivity index (χ4v) is 0.287. The number of methoxy groups -OCH3 is 2. The molecule has 0 saturated carbocycles. The molecule has 0 aromatic rings. The van der Waals surface area contributed by atoms with Gasteiger partial charge in [-0.1, -0.05) is 0 Å². The minimum atomic E-state index is -0.657. The SMILES string of the molecule is CCOC(C)=O.COC(=O)OC. The minimum Gasteiger partial charge on any atom is -0.466 e. The second-order valence-corrected chi connectivity index (χ2v) is 1.58. The van der Waals surface area contributed by atoms with E-state index < -0.39 is 6.16 Å². The molecule has 0 aromatic carbocycles. The highest BCUT2D eigenvalue weighted by molar-refractivity contribution is 5.65. The highest BCUT2D eigenvalue weighted by Gasteiger charge is 1.88. The maximum Gasteiger partial charge on any atom is 0.507 e. The number of rotatable bonds is 1. The van der Waals surface area contributed by atoms with Crippen molar-refractivity contribution in [3.05, 3.63) is 0 Å². The zero-order valence-corrected chi connectivity index (χ0v) is 7.75. The van der Waals surface area contributed by atoms with E-state index in [4.69, 9.17) is 0 Å². The van der Waals surface area contributed by atoms with Crippen LogP contribution in [0, 0.1) is 0 Å². The summed E-state index contributed by atoms with van der Waals surface area (Å²) in [5, 5.41) is 0. The summed E-state index contributed by atoms with van der Waals surface area (Å²) in [6, 6.07) is 0. The van der Waals surface area contributed by atoms with E-state index in [1.165, 1.54) is 21.1 Å². The van der Waals surface area contributed by atoms with Gasteiger partial charge in [0.2, 0.25) is 0 Å². The largest absolute Gasteiger partial charge is 0.507 e. The molecule has 0 spiro atoms. The lowest BCUT2D eigenvalue weighted by atomic mass is 10.8. The van der Waals surface area contributed by atoms with E-state index in [0.717, 1.165) is 0 Å². The van der Waals surface area contributed by atoms with Gasteiger partial charge in [0, 0.05) is 6.92 Å². The molecule has 0 bridgehead atoms. The smallest absolute Gasteiger partial charge is 0.466 e. The van der Waals surface area contributed by atoms with Crippen molar-refractivity contribution in [3.63, 3.8) is 0 Å². The third kappa shape index (κ3) is 15.9. The maximum absolute atomic E-state index is 9.82. The van der Waals surface area contributed by atoms with Gasteiger partial charge in [0.05, 0.1) is 20.8 Å². The van der Waals surface area contributed by atoms with Crippen LogP contribution in [0.4, 0.5) is 4.79 Å². The van der Waals surface area contributed by atoms with Crippen molar-refractivity contribution in [1.82, 2.24) is 0 Å². The van der Waals surface area contributed by atoms with E-state index in [1.54, 1.807) is 6.92 Å². The molecule has 5 heteroatoms. The summed E-state index contributed by atoms with van der Waals surface area (Å²) >= 11 is 0. The average molecular weight is 178 g/mol. The van der Waals surface area contributed by atoms with Crippen LogP contribution in [0.15, 0.2) is 0 Å². The van der Waals surface area contributed by atoms with Gasteiger partial charge < -0.3 is 14.2 Å². The highest BCUT2D eigenvalue weighted by atomic mass is 16.7. The predicted octanol–water partition coefficient (Wildman–Crippen LogP) is 0.969. The molecule has 0 amide bonds. The summed E-state index contributed by atoms with van der Waals surface area (Å²) in [6.45, 7) is 3.65. The Morgan fingerprint density at radius 3 is 1.58 bits per heavy atom. The molecule has 0 saturated heterocycles. The van der Waals surface area contributed by atoms with Gasteiger partial charge in [0.25, 0.3) is 0 Å². The summed E-state index contributed by atoms with van der Waals surface area (Å²) in [5.74, 6) is -0.211. The molecule has 0 N–H and O–H groups in total. The van der Waals surface area contributed by atoms with E-state index in [0.29, 0.717) is 6.61 Å². The molecule has 12 heavy (non-hydrogen) atoms. The van der Waals surface area contributed by atoms with E-state index in [9.17, 15) is 9.59 Å². The van der Waals surface area contributed by atoms with Crippen LogP contribution < -0.4 is 0 Å². The van der Waals surface area contributed by atoms with Crippen LogP contribution in [-0.4, -0.2) is 33.0 Å². The lowest BCUT2D eigenvalue weighted by Crippen LogP contribution is -1.97. The standard InChI is InChI=1S/C4H8O2.C3H6O3/c1-3-6-4(2)5;1-5-3(4)6-2/h3H2,1-2H3;1-2H3. The molecule has 5 nitrogen and oxygen atoms in total. The Kier molecular flexibility index (Phi) is 10.8. The van der Waals surface area contributed by atoms with E-state index in [2.05, 4.69) is 14.2 Å². The molecule has 0 unspecified atom stereocenters. The molecule has 0 atom stereocenters. The lowest BCUT2D eigenvalue weighted by molar-refractivity contribution is -0.140. The first kappa shape index (κ1) is 13.3. The van der Waals surface area contributed by atoms with Gasteiger partial charge in [-0.25, -0.2) is 4.79 Å². The molecule has 0 radical (unpaired) electrons. The molecule has 0 aliphatic carbocycles. The van der Waals surface area contributed by atoms with Crippen LogP contribution in [0.1, 0.15) is 13.8 Å². The van der Waals surface area contributed by atoms with Gasteiger partial charge in [-0.05, 0) is 6.92 Å². The first-order valence-corrected chi connectivity index (χ1v) is 3.33. The average Bonchev–Trinajstić information content (AvgIpc) is 2.04. The Balaban J connectivity index is 0. The molecule has 0 aliphatic rings. The van der Waals surface area contributed by atoms with E-state index in [-0.39, 0.29) is 5.97 Å². The summed E-state index contributed by atoms with van der Waals surface area (Å²) in [7, 11) is 2.51. The third-order valence-electron chi connectivity index (χ3n) is 0.681. The van der Waals surface area contributed by atoms with Crippen LogP contribution in [0.5, 0.6) is 0 Å². The second kappa shape index (κ2) is 9.74. The molecular formula is C7H14O5. The lowest BCUT2D eigenvalue weighted by Gasteiger charge is -1.89. The zero-order valence-electron chi connectivity index (χ0n) is 7.75. The van der Waals surface area contributed by atoms with Gasteiger partial charge in [-0.15, -0.1) is 0 Å². The van der Waals surface area contributed by atoms with Gasteiger partial charge in [-0.2, -0.15) is 0 Å². The normalized spacial score (nSPS) is 7.33. The van der Waals surface area contributed by atoms with Gasteiger partial charge in [0.15, 0.2) is 0 Å². The topological polar surface area (TPSA) is 61.8 Å². The van der Waals surface area contributed by atoms with Crippen LogP contribution in [0.2, 0.25) is 0 Å². The Bertz CT molecular complexity index is 126. The number of carbonyl (C=O) groups is 2. The van der Waals surface area contributed by atoms with Crippen molar-refractivity contribution in [3.8, 4) is 0 Å². The summed E-state index contributed by atoms with van der Waals surface area (Å²) in [6.07, 6.45) is -0.657. The van der Waals surface area contributed by atoms with Crippen molar-refractivity contribution >= 4 is 12.1 Å². The molecule has 0 heterocycles. The van der Waals surface area contributed by atoms with Crippen molar-refractivity contribution in [2.75, 3.05) is 20.8 Å². The van der Waals surface area contributed by atoms with Crippen molar-refractivity contribution in [1.29, 1.82) is 0 Å². The summed E-state index contributed by atoms with van der Waals surface area (Å²) in [4.78, 5) is 19.6. The zero-order chi connectivity index (χ0) is 9.98. The summed E-state index contributed by atoms with van der Waals surface area (Å²) in [5.41, 5.74) is 0. The Morgan fingerprint density at radius 2 is 1.58 bits per heavy atom.